The van der Waals surface area contributed by atoms with Gasteiger partial charge in [0.25, 0.3) is 5.91 Å². The van der Waals surface area contributed by atoms with Gasteiger partial charge in [-0.2, -0.15) is 0 Å². The van der Waals surface area contributed by atoms with Crippen molar-refractivity contribution < 1.29 is 4.79 Å². The Bertz CT molecular complexity index is 640. The first-order chi connectivity index (χ1) is 10.1. The minimum atomic E-state index is -0.0603. The van der Waals surface area contributed by atoms with E-state index in [-0.39, 0.29) is 5.91 Å². The molecule has 0 fully saturated rings. The summed E-state index contributed by atoms with van der Waals surface area (Å²) in [5.41, 5.74) is 9.86. The van der Waals surface area contributed by atoms with Gasteiger partial charge in [-0.3, -0.25) is 4.79 Å². The molecule has 110 valence electrons. The van der Waals surface area contributed by atoms with Crippen molar-refractivity contribution >= 4 is 23.4 Å². The average molecular weight is 300 g/mol. The van der Waals surface area contributed by atoms with Crippen LogP contribution in [0.3, 0.4) is 0 Å². The number of carbonyl (C=O) groups is 1. The van der Waals surface area contributed by atoms with Gasteiger partial charge in [-0.15, -0.1) is 11.8 Å². The Hall–Kier alpha value is -1.94. The first-order valence-electron chi connectivity index (χ1n) is 6.96. The number of amides is 1. The number of rotatable bonds is 5. The summed E-state index contributed by atoms with van der Waals surface area (Å²) in [7, 11) is 0. The molecule has 3 N–H and O–H groups in total. The number of nitrogens with one attached hydrogen (secondary N) is 1. The predicted molar refractivity (Wildman–Crippen MR) is 89.6 cm³/mol. The molecule has 4 heteroatoms. The molecule has 2 aromatic carbocycles. The second-order valence-corrected chi connectivity index (χ2v) is 5.91. The summed E-state index contributed by atoms with van der Waals surface area (Å²) >= 11 is 1.65. The molecule has 0 radical (unpaired) electrons. The van der Waals surface area contributed by atoms with Crippen LogP contribution in [-0.4, -0.2) is 12.5 Å². The van der Waals surface area contributed by atoms with E-state index in [1.54, 1.807) is 23.9 Å². The van der Waals surface area contributed by atoms with E-state index >= 15 is 0 Å². The molecule has 0 heterocycles. The Morgan fingerprint density at radius 1 is 1.24 bits per heavy atom. The number of anilines is 1. The first-order valence-corrected chi connectivity index (χ1v) is 7.94. The third-order valence-electron chi connectivity index (χ3n) is 3.09. The van der Waals surface area contributed by atoms with E-state index in [9.17, 15) is 4.79 Å². The van der Waals surface area contributed by atoms with Crippen LogP contribution in [-0.2, 0) is 5.75 Å². The molecule has 3 nitrogen and oxygen atoms in total. The Balaban J connectivity index is 2.12. The van der Waals surface area contributed by atoms with Crippen molar-refractivity contribution in [2.24, 2.45) is 0 Å². The fourth-order valence-corrected chi connectivity index (χ4v) is 2.97. The van der Waals surface area contributed by atoms with Crippen molar-refractivity contribution in [1.29, 1.82) is 0 Å². The lowest BCUT2D eigenvalue weighted by Crippen LogP contribution is -2.22. The molecule has 2 aromatic rings. The Kier molecular flexibility index (Phi) is 5.28. The van der Waals surface area contributed by atoms with Crippen molar-refractivity contribution in [2.75, 3.05) is 12.3 Å². The molecule has 0 spiro atoms. The first kappa shape index (κ1) is 15.4. The molecule has 0 saturated carbocycles. The minimum absolute atomic E-state index is 0.0603. The lowest BCUT2D eigenvalue weighted by molar-refractivity contribution is 0.0955. The zero-order valence-corrected chi connectivity index (χ0v) is 13.2. The fraction of sp³-hybridized carbons (Fsp3) is 0.235. The molecule has 0 aliphatic carbocycles. The molecule has 0 aliphatic heterocycles. The molecule has 0 unspecified atom stereocenters. The lowest BCUT2D eigenvalue weighted by atomic mass is 10.2. The van der Waals surface area contributed by atoms with Gasteiger partial charge in [0.15, 0.2) is 0 Å². The monoisotopic (exact) mass is 300 g/mol. The topological polar surface area (TPSA) is 55.1 Å². The summed E-state index contributed by atoms with van der Waals surface area (Å²) in [6.07, 6.45) is 0. The molecule has 21 heavy (non-hydrogen) atoms. The van der Waals surface area contributed by atoms with Crippen molar-refractivity contribution in [2.45, 2.75) is 24.5 Å². The number of thioether (sulfide) groups is 1. The van der Waals surface area contributed by atoms with Gasteiger partial charge in [0, 0.05) is 28.4 Å². The maximum absolute atomic E-state index is 11.9. The van der Waals surface area contributed by atoms with Crippen LogP contribution in [0.4, 0.5) is 5.69 Å². The van der Waals surface area contributed by atoms with Gasteiger partial charge in [-0.25, -0.2) is 0 Å². The molecular weight excluding hydrogens is 280 g/mol. The summed E-state index contributed by atoms with van der Waals surface area (Å²) in [6, 6.07) is 13.8. The summed E-state index contributed by atoms with van der Waals surface area (Å²) in [5, 5.41) is 2.80. The fourth-order valence-electron chi connectivity index (χ4n) is 2.03. The molecule has 2 rings (SSSR count). The van der Waals surface area contributed by atoms with Gasteiger partial charge in [-0.05, 0) is 37.6 Å². The van der Waals surface area contributed by atoms with Crippen LogP contribution in [0.1, 0.15) is 28.4 Å². The van der Waals surface area contributed by atoms with Gasteiger partial charge >= 0.3 is 0 Å². The number of aryl methyl sites for hydroxylation is 1. The van der Waals surface area contributed by atoms with Gasteiger partial charge in [0.1, 0.15) is 0 Å². The summed E-state index contributed by atoms with van der Waals surface area (Å²) in [5.74, 6) is 0.778. The molecule has 0 bridgehead atoms. The van der Waals surface area contributed by atoms with Crippen LogP contribution < -0.4 is 11.1 Å². The molecule has 0 aliphatic rings. The summed E-state index contributed by atoms with van der Waals surface area (Å²) in [6.45, 7) is 4.61. The number of nitrogens with two attached hydrogens (primary N) is 1. The number of hydrogen-bond acceptors (Lipinski definition) is 3. The molecular formula is C17H20N2OS. The van der Waals surface area contributed by atoms with Crippen LogP contribution >= 0.6 is 11.8 Å². The van der Waals surface area contributed by atoms with E-state index in [0.29, 0.717) is 17.8 Å². The predicted octanol–water partition coefficient (Wildman–Crippen LogP) is 3.62. The SMILES string of the molecule is CCNC(=O)c1ccc(N)c(SCc2cccc(C)c2)c1. The third-order valence-corrected chi connectivity index (χ3v) is 4.23. The van der Waals surface area contributed by atoms with E-state index in [1.807, 2.05) is 13.0 Å². The normalized spacial score (nSPS) is 10.4. The second kappa shape index (κ2) is 7.18. The zero-order valence-electron chi connectivity index (χ0n) is 12.3. The molecule has 0 atom stereocenters. The maximum atomic E-state index is 11.9. The van der Waals surface area contributed by atoms with E-state index < -0.39 is 0 Å². The number of carbonyl (C=O) groups excluding carboxylic acids is 1. The summed E-state index contributed by atoms with van der Waals surface area (Å²) < 4.78 is 0. The van der Waals surface area contributed by atoms with Crippen LogP contribution in [0.25, 0.3) is 0 Å². The van der Waals surface area contributed by atoms with Crippen LogP contribution in [0.15, 0.2) is 47.4 Å². The standard InChI is InChI=1S/C17H20N2OS/c1-3-19-17(20)14-7-8-15(18)16(10-14)21-11-13-6-4-5-12(2)9-13/h4-10H,3,11,18H2,1-2H3,(H,19,20). The quantitative estimate of drug-likeness (QED) is 0.655. The maximum Gasteiger partial charge on any atom is 0.251 e. The third kappa shape index (κ3) is 4.26. The van der Waals surface area contributed by atoms with Crippen LogP contribution in [0.2, 0.25) is 0 Å². The highest BCUT2D eigenvalue weighted by Crippen LogP contribution is 2.29. The van der Waals surface area contributed by atoms with Crippen LogP contribution in [0, 0.1) is 6.92 Å². The van der Waals surface area contributed by atoms with Crippen molar-refractivity contribution in [1.82, 2.24) is 5.32 Å². The second-order valence-electron chi connectivity index (χ2n) is 4.89. The van der Waals surface area contributed by atoms with Crippen molar-refractivity contribution in [3.63, 3.8) is 0 Å². The zero-order chi connectivity index (χ0) is 15.2. The van der Waals surface area contributed by atoms with Crippen molar-refractivity contribution in [3.8, 4) is 0 Å². The van der Waals surface area contributed by atoms with Crippen LogP contribution in [0.5, 0.6) is 0 Å². The lowest BCUT2D eigenvalue weighted by Gasteiger charge is -2.09. The number of nitrogen functional groups attached to an aromatic ring is 1. The summed E-state index contributed by atoms with van der Waals surface area (Å²) in [4.78, 5) is 12.8. The number of hydrogen-bond donors (Lipinski definition) is 2. The molecule has 1 amide bonds. The Morgan fingerprint density at radius 3 is 2.76 bits per heavy atom. The Morgan fingerprint density at radius 2 is 2.05 bits per heavy atom. The largest absolute Gasteiger partial charge is 0.398 e. The number of benzene rings is 2. The van der Waals surface area contributed by atoms with Crippen molar-refractivity contribution in [3.05, 3.63) is 59.2 Å². The van der Waals surface area contributed by atoms with E-state index in [2.05, 4.69) is 36.5 Å². The highest BCUT2D eigenvalue weighted by atomic mass is 32.2. The van der Waals surface area contributed by atoms with Gasteiger partial charge in [0.2, 0.25) is 0 Å². The Labute approximate surface area is 129 Å². The highest BCUT2D eigenvalue weighted by molar-refractivity contribution is 7.98. The highest BCUT2D eigenvalue weighted by Gasteiger charge is 2.08. The molecule has 0 saturated heterocycles. The van der Waals surface area contributed by atoms with E-state index in [1.165, 1.54) is 11.1 Å². The smallest absolute Gasteiger partial charge is 0.251 e. The van der Waals surface area contributed by atoms with Gasteiger partial charge in [-0.1, -0.05) is 29.8 Å². The van der Waals surface area contributed by atoms with E-state index in [0.717, 1.165) is 10.6 Å². The minimum Gasteiger partial charge on any atom is -0.398 e. The van der Waals surface area contributed by atoms with Gasteiger partial charge < -0.3 is 11.1 Å². The molecule has 0 aromatic heterocycles. The van der Waals surface area contributed by atoms with E-state index in [4.69, 9.17) is 5.73 Å². The van der Waals surface area contributed by atoms with Gasteiger partial charge in [0.05, 0.1) is 0 Å². The average Bonchev–Trinajstić information content (AvgIpc) is 2.46.